The van der Waals surface area contributed by atoms with Gasteiger partial charge in [-0.15, -0.1) is 0 Å². The Kier molecular flexibility index (Phi) is 4.87. The molecule has 1 aromatic carbocycles. The summed E-state index contributed by atoms with van der Waals surface area (Å²) in [5, 5.41) is 9.01. The Balaban J connectivity index is 1.81. The molecule has 132 valence electrons. The number of aromatic carboxylic acids is 1. The predicted octanol–water partition coefficient (Wildman–Crippen LogP) is 2.27. The van der Waals surface area contributed by atoms with Crippen LogP contribution in [0.15, 0.2) is 42.6 Å². The molecule has 0 radical (unpaired) electrons. The first kappa shape index (κ1) is 17.6. The Morgan fingerprint density at radius 1 is 1.28 bits per heavy atom. The highest BCUT2D eigenvalue weighted by Crippen LogP contribution is 2.28. The summed E-state index contributed by atoms with van der Waals surface area (Å²) in [6, 6.07) is 10.5. The van der Waals surface area contributed by atoms with Crippen LogP contribution in [0.5, 0.6) is 0 Å². The smallest absolute Gasteiger partial charge is 0.335 e. The number of hydrogen-bond acceptors (Lipinski definition) is 4. The lowest BCUT2D eigenvalue weighted by Gasteiger charge is -2.15. The number of pyridine rings is 1. The molecule has 1 saturated heterocycles. The van der Waals surface area contributed by atoms with Crippen LogP contribution in [0.25, 0.3) is 11.3 Å². The van der Waals surface area contributed by atoms with Gasteiger partial charge < -0.3 is 5.11 Å². The van der Waals surface area contributed by atoms with Gasteiger partial charge in [-0.2, -0.15) is 0 Å². The highest BCUT2D eigenvalue weighted by atomic mass is 32.2. The summed E-state index contributed by atoms with van der Waals surface area (Å²) in [6.07, 6.45) is 4.53. The van der Waals surface area contributed by atoms with E-state index >= 15 is 0 Å². The Hall–Kier alpha value is -2.25. The molecule has 1 atom stereocenters. The van der Waals surface area contributed by atoms with Gasteiger partial charge in [-0.1, -0.05) is 18.2 Å². The van der Waals surface area contributed by atoms with Crippen molar-refractivity contribution in [3.63, 3.8) is 0 Å². The summed E-state index contributed by atoms with van der Waals surface area (Å²) >= 11 is 0. The lowest BCUT2D eigenvalue weighted by Crippen LogP contribution is -2.27. The average molecular weight is 360 g/mol. The molecule has 0 amide bonds. The molecule has 3 rings (SSSR count). The van der Waals surface area contributed by atoms with Crippen molar-refractivity contribution in [1.29, 1.82) is 0 Å². The first-order valence-electron chi connectivity index (χ1n) is 8.07. The molecule has 0 aliphatic carbocycles. The number of hydrogen-bond donors (Lipinski definition) is 1. The van der Waals surface area contributed by atoms with E-state index < -0.39 is 16.0 Å². The average Bonchev–Trinajstić information content (AvgIpc) is 3.04. The minimum absolute atomic E-state index is 0.237. The SMILES string of the molecule is CS(=O)(=O)N1CC[C@H](Cc2cccnc2-c2ccc(C(=O)O)cc2)C1. The maximum absolute atomic E-state index is 11.7. The molecule has 25 heavy (non-hydrogen) atoms. The van der Waals surface area contributed by atoms with E-state index in [2.05, 4.69) is 4.98 Å². The van der Waals surface area contributed by atoms with Crippen molar-refractivity contribution in [1.82, 2.24) is 9.29 Å². The highest BCUT2D eigenvalue weighted by Gasteiger charge is 2.29. The zero-order valence-electron chi connectivity index (χ0n) is 13.9. The summed E-state index contributed by atoms with van der Waals surface area (Å²) < 4.78 is 24.9. The fraction of sp³-hybridized carbons (Fsp3) is 0.333. The molecule has 2 aromatic rings. The molecule has 1 aliphatic rings. The van der Waals surface area contributed by atoms with Crippen LogP contribution in [0.1, 0.15) is 22.3 Å². The zero-order valence-corrected chi connectivity index (χ0v) is 14.7. The van der Waals surface area contributed by atoms with Crippen LogP contribution in [-0.4, -0.2) is 48.1 Å². The van der Waals surface area contributed by atoms with Gasteiger partial charge in [0, 0.05) is 24.8 Å². The molecule has 6 nitrogen and oxygen atoms in total. The van der Waals surface area contributed by atoms with Crippen molar-refractivity contribution in [3.8, 4) is 11.3 Å². The summed E-state index contributed by atoms with van der Waals surface area (Å²) in [4.78, 5) is 15.4. The summed E-state index contributed by atoms with van der Waals surface area (Å²) in [7, 11) is -3.14. The van der Waals surface area contributed by atoms with Crippen molar-refractivity contribution in [2.45, 2.75) is 12.8 Å². The Morgan fingerprint density at radius 3 is 2.60 bits per heavy atom. The number of benzene rings is 1. The third-order valence-corrected chi connectivity index (χ3v) is 5.79. The second kappa shape index (κ2) is 6.93. The molecule has 0 unspecified atom stereocenters. The predicted molar refractivity (Wildman–Crippen MR) is 94.9 cm³/mol. The molecule has 0 bridgehead atoms. The number of rotatable bonds is 5. The molecular weight excluding hydrogens is 340 g/mol. The minimum Gasteiger partial charge on any atom is -0.478 e. The van der Waals surface area contributed by atoms with E-state index in [9.17, 15) is 13.2 Å². The Labute approximate surface area is 147 Å². The second-order valence-corrected chi connectivity index (χ2v) is 8.36. The summed E-state index contributed by atoms with van der Waals surface area (Å²) in [5.41, 5.74) is 2.96. The number of carbonyl (C=O) groups is 1. The maximum atomic E-state index is 11.7. The van der Waals surface area contributed by atoms with E-state index in [1.807, 2.05) is 12.1 Å². The standard InChI is InChI=1S/C18H20N2O4S/c1-25(23,24)20-10-8-13(12-20)11-16-3-2-9-19-17(16)14-4-6-15(7-5-14)18(21)22/h2-7,9,13H,8,10-12H2,1H3,(H,21,22)/t13-/m1/s1. The molecule has 1 N–H and O–H groups in total. The van der Waals surface area contributed by atoms with Gasteiger partial charge in [0.25, 0.3) is 0 Å². The van der Waals surface area contributed by atoms with Gasteiger partial charge in [-0.25, -0.2) is 17.5 Å². The first-order valence-corrected chi connectivity index (χ1v) is 9.92. The third-order valence-electron chi connectivity index (χ3n) is 4.52. The van der Waals surface area contributed by atoms with Crippen LogP contribution in [0.4, 0.5) is 0 Å². The fourth-order valence-electron chi connectivity index (χ4n) is 3.21. The van der Waals surface area contributed by atoms with Crippen LogP contribution in [0.3, 0.4) is 0 Å². The van der Waals surface area contributed by atoms with Crippen molar-refractivity contribution in [2.75, 3.05) is 19.3 Å². The van der Waals surface area contributed by atoms with Crippen LogP contribution < -0.4 is 0 Å². The van der Waals surface area contributed by atoms with Crippen LogP contribution in [0.2, 0.25) is 0 Å². The number of carboxylic acid groups (broad SMARTS) is 1. The maximum Gasteiger partial charge on any atom is 0.335 e. The lowest BCUT2D eigenvalue weighted by atomic mass is 9.95. The number of nitrogens with zero attached hydrogens (tertiary/aromatic N) is 2. The van der Waals surface area contributed by atoms with E-state index in [1.165, 1.54) is 10.6 Å². The molecular formula is C18H20N2O4S. The van der Waals surface area contributed by atoms with Crippen LogP contribution >= 0.6 is 0 Å². The van der Waals surface area contributed by atoms with Gasteiger partial charge in [0.15, 0.2) is 0 Å². The van der Waals surface area contributed by atoms with E-state index in [-0.39, 0.29) is 11.5 Å². The van der Waals surface area contributed by atoms with Gasteiger partial charge >= 0.3 is 5.97 Å². The molecule has 1 aliphatic heterocycles. The van der Waals surface area contributed by atoms with Crippen molar-refractivity contribution >= 4 is 16.0 Å². The molecule has 2 heterocycles. The van der Waals surface area contributed by atoms with Crippen molar-refractivity contribution in [2.24, 2.45) is 5.92 Å². The largest absolute Gasteiger partial charge is 0.478 e. The monoisotopic (exact) mass is 360 g/mol. The quantitative estimate of drug-likeness (QED) is 0.884. The van der Waals surface area contributed by atoms with Gasteiger partial charge in [0.05, 0.1) is 17.5 Å². The number of carboxylic acids is 1. The van der Waals surface area contributed by atoms with E-state index in [0.29, 0.717) is 13.1 Å². The minimum atomic E-state index is -3.14. The van der Waals surface area contributed by atoms with E-state index in [0.717, 1.165) is 29.7 Å². The van der Waals surface area contributed by atoms with Crippen molar-refractivity contribution in [3.05, 3.63) is 53.7 Å². The lowest BCUT2D eigenvalue weighted by molar-refractivity contribution is 0.0697. The normalized spacial score (nSPS) is 18.4. The zero-order chi connectivity index (χ0) is 18.0. The van der Waals surface area contributed by atoms with Gasteiger partial charge in [-0.3, -0.25) is 4.98 Å². The van der Waals surface area contributed by atoms with Gasteiger partial charge in [-0.05, 0) is 42.5 Å². The van der Waals surface area contributed by atoms with Gasteiger partial charge in [0.2, 0.25) is 10.0 Å². The topological polar surface area (TPSA) is 87.6 Å². The van der Waals surface area contributed by atoms with Gasteiger partial charge in [0.1, 0.15) is 0 Å². The third kappa shape index (κ3) is 4.05. The number of aromatic nitrogens is 1. The molecule has 1 fully saturated rings. The molecule has 1 aromatic heterocycles. The van der Waals surface area contributed by atoms with Crippen LogP contribution in [0, 0.1) is 5.92 Å². The fourth-order valence-corrected chi connectivity index (χ4v) is 4.13. The second-order valence-electron chi connectivity index (χ2n) is 6.37. The molecule has 0 saturated carbocycles. The molecule has 7 heteroatoms. The van der Waals surface area contributed by atoms with Crippen molar-refractivity contribution < 1.29 is 18.3 Å². The Bertz CT molecular complexity index is 878. The van der Waals surface area contributed by atoms with E-state index in [1.54, 1.807) is 30.5 Å². The highest BCUT2D eigenvalue weighted by molar-refractivity contribution is 7.88. The summed E-state index contributed by atoms with van der Waals surface area (Å²) in [6.45, 7) is 1.09. The summed E-state index contributed by atoms with van der Waals surface area (Å²) in [5.74, 6) is -0.699. The van der Waals surface area contributed by atoms with E-state index in [4.69, 9.17) is 5.11 Å². The number of sulfonamides is 1. The van der Waals surface area contributed by atoms with Crippen LogP contribution in [-0.2, 0) is 16.4 Å². The Morgan fingerprint density at radius 2 is 2.00 bits per heavy atom. The first-order chi connectivity index (χ1) is 11.8. The molecule has 0 spiro atoms.